The van der Waals surface area contributed by atoms with Crippen LogP contribution in [0.5, 0.6) is 11.5 Å². The Morgan fingerprint density at radius 2 is 1.86 bits per heavy atom. The number of aromatic nitrogens is 2. The van der Waals surface area contributed by atoms with Crippen LogP contribution in [0.3, 0.4) is 0 Å². The number of nitrogens with one attached hydrogen (secondary N) is 2. The predicted molar refractivity (Wildman–Crippen MR) is 109 cm³/mol. The van der Waals surface area contributed by atoms with Crippen molar-refractivity contribution in [3.8, 4) is 22.8 Å². The molecular formula is C21H21ClFN3O2. The molecular weight excluding hydrogens is 381 g/mol. The number of benzene rings is 2. The first-order chi connectivity index (χ1) is 13.5. The van der Waals surface area contributed by atoms with Crippen molar-refractivity contribution in [2.75, 3.05) is 18.5 Å². The van der Waals surface area contributed by atoms with E-state index in [1.54, 1.807) is 12.1 Å². The summed E-state index contributed by atoms with van der Waals surface area (Å²) in [5.74, 6) is 1.81. The number of hydrogen-bond acceptors (Lipinski definition) is 4. The third-order valence-electron chi connectivity index (χ3n) is 4.87. The van der Waals surface area contributed by atoms with Crippen molar-refractivity contribution in [3.05, 3.63) is 52.3 Å². The second-order valence-corrected chi connectivity index (χ2v) is 7.00. The lowest BCUT2D eigenvalue weighted by Crippen LogP contribution is -2.01. The third-order valence-corrected chi connectivity index (χ3v) is 5.16. The van der Waals surface area contributed by atoms with E-state index in [4.69, 9.17) is 21.1 Å². The number of ether oxygens (including phenoxy) is 2. The average Bonchev–Trinajstić information content (AvgIpc) is 3.19. The Kier molecular flexibility index (Phi) is 4.89. The van der Waals surface area contributed by atoms with Crippen LogP contribution in [-0.2, 0) is 0 Å². The van der Waals surface area contributed by atoms with Crippen LogP contribution >= 0.6 is 11.6 Å². The molecule has 0 amide bonds. The normalized spacial score (nSPS) is 14.5. The van der Waals surface area contributed by atoms with Crippen LogP contribution < -0.4 is 14.8 Å². The molecule has 146 valence electrons. The van der Waals surface area contributed by atoms with E-state index in [1.807, 2.05) is 26.0 Å². The van der Waals surface area contributed by atoms with Crippen LogP contribution in [0.25, 0.3) is 11.3 Å². The maximum absolute atomic E-state index is 13.4. The van der Waals surface area contributed by atoms with Gasteiger partial charge in [-0.05, 0) is 49.7 Å². The second kappa shape index (κ2) is 7.36. The van der Waals surface area contributed by atoms with E-state index >= 15 is 0 Å². The number of halogens is 2. The summed E-state index contributed by atoms with van der Waals surface area (Å²) in [6.07, 6.45) is 0. The van der Waals surface area contributed by atoms with Crippen LogP contribution in [0.2, 0.25) is 5.02 Å². The van der Waals surface area contributed by atoms with Gasteiger partial charge in [0.25, 0.3) is 0 Å². The molecule has 0 bridgehead atoms. The second-order valence-electron chi connectivity index (χ2n) is 6.59. The summed E-state index contributed by atoms with van der Waals surface area (Å²) in [6, 6.07) is 8.56. The number of nitrogens with zero attached hydrogens (tertiary/aromatic N) is 1. The summed E-state index contributed by atoms with van der Waals surface area (Å²) < 4.78 is 25.0. The maximum atomic E-state index is 13.4. The molecule has 5 nitrogen and oxygen atoms in total. The first-order valence-electron chi connectivity index (χ1n) is 9.27. The summed E-state index contributed by atoms with van der Waals surface area (Å²) in [7, 11) is 0. The molecule has 0 fully saturated rings. The number of fused-ring (bicyclic) bond motifs is 3. The van der Waals surface area contributed by atoms with Crippen molar-refractivity contribution in [3.63, 3.8) is 0 Å². The fourth-order valence-electron chi connectivity index (χ4n) is 3.63. The Hall–Kier alpha value is -2.73. The summed E-state index contributed by atoms with van der Waals surface area (Å²) in [5.41, 5.74) is 4.87. The lowest BCUT2D eigenvalue weighted by Gasteiger charge is -2.15. The topological polar surface area (TPSA) is 59.2 Å². The number of anilines is 2. The quantitative estimate of drug-likeness (QED) is 0.541. The Morgan fingerprint density at radius 3 is 2.54 bits per heavy atom. The lowest BCUT2D eigenvalue weighted by atomic mass is 9.99. The molecule has 0 spiro atoms. The molecule has 0 aliphatic heterocycles. The van der Waals surface area contributed by atoms with E-state index in [1.165, 1.54) is 6.07 Å². The van der Waals surface area contributed by atoms with Gasteiger partial charge in [0.15, 0.2) is 17.3 Å². The maximum Gasteiger partial charge on any atom is 0.161 e. The highest BCUT2D eigenvalue weighted by Gasteiger charge is 2.32. The Morgan fingerprint density at radius 1 is 1.14 bits per heavy atom. The molecule has 1 unspecified atom stereocenters. The first kappa shape index (κ1) is 18.6. The SMILES string of the molecule is CCOc1cc2c(cc1OCC)C(C)c1c(Nc3ccc(F)c(Cl)c3)n[nH]c1-2. The van der Waals surface area contributed by atoms with Gasteiger partial charge in [-0.3, -0.25) is 5.10 Å². The average molecular weight is 402 g/mol. The highest BCUT2D eigenvalue weighted by atomic mass is 35.5. The monoisotopic (exact) mass is 401 g/mol. The molecule has 7 heteroatoms. The minimum absolute atomic E-state index is 0.0660. The van der Waals surface area contributed by atoms with Crippen molar-refractivity contribution in [1.29, 1.82) is 0 Å². The van der Waals surface area contributed by atoms with Gasteiger partial charge in [-0.25, -0.2) is 4.39 Å². The van der Waals surface area contributed by atoms with Gasteiger partial charge in [0.2, 0.25) is 0 Å². The van der Waals surface area contributed by atoms with Gasteiger partial charge in [-0.15, -0.1) is 0 Å². The largest absolute Gasteiger partial charge is 0.490 e. The molecule has 1 aromatic heterocycles. The Balaban J connectivity index is 1.73. The number of rotatable bonds is 6. The van der Waals surface area contributed by atoms with E-state index in [9.17, 15) is 4.39 Å². The number of aromatic amines is 1. The van der Waals surface area contributed by atoms with E-state index in [0.717, 1.165) is 33.9 Å². The van der Waals surface area contributed by atoms with Gasteiger partial charge in [-0.2, -0.15) is 5.10 Å². The first-order valence-corrected chi connectivity index (χ1v) is 9.65. The van der Waals surface area contributed by atoms with E-state index in [0.29, 0.717) is 24.7 Å². The fourth-order valence-corrected chi connectivity index (χ4v) is 3.81. The highest BCUT2D eigenvalue weighted by Crippen LogP contribution is 2.50. The zero-order valence-electron chi connectivity index (χ0n) is 15.9. The molecule has 0 saturated carbocycles. The van der Waals surface area contributed by atoms with Crippen LogP contribution in [0.1, 0.15) is 37.8 Å². The molecule has 2 N–H and O–H groups in total. The molecule has 2 aromatic carbocycles. The van der Waals surface area contributed by atoms with Gasteiger partial charge < -0.3 is 14.8 Å². The van der Waals surface area contributed by atoms with Gasteiger partial charge in [0.1, 0.15) is 5.82 Å². The Bertz CT molecular complexity index is 1030. The molecule has 1 heterocycles. The molecule has 4 rings (SSSR count). The minimum Gasteiger partial charge on any atom is -0.490 e. The third kappa shape index (κ3) is 3.07. The van der Waals surface area contributed by atoms with Gasteiger partial charge in [0.05, 0.1) is 23.9 Å². The standard InChI is InChI=1S/C21H21ClFN3O2/c1-4-27-17-9-13-11(3)19-20(14(13)10-18(17)28-5-2)25-26-21(19)24-12-6-7-16(23)15(22)8-12/h6-11H,4-5H2,1-3H3,(H2,24,25,26). The summed E-state index contributed by atoms with van der Waals surface area (Å²) in [6.45, 7) is 7.15. The lowest BCUT2D eigenvalue weighted by molar-refractivity contribution is 0.287. The van der Waals surface area contributed by atoms with E-state index in [2.05, 4.69) is 22.4 Å². The number of H-pyrrole nitrogens is 1. The molecule has 1 aliphatic carbocycles. The van der Waals surface area contributed by atoms with Crippen molar-refractivity contribution in [2.45, 2.75) is 26.7 Å². The zero-order chi connectivity index (χ0) is 19.8. The summed E-state index contributed by atoms with van der Waals surface area (Å²) >= 11 is 5.90. The van der Waals surface area contributed by atoms with Crippen LogP contribution in [-0.4, -0.2) is 23.4 Å². The minimum atomic E-state index is -0.452. The van der Waals surface area contributed by atoms with Gasteiger partial charge in [0, 0.05) is 22.7 Å². The summed E-state index contributed by atoms with van der Waals surface area (Å²) in [4.78, 5) is 0. The van der Waals surface area contributed by atoms with E-state index in [-0.39, 0.29) is 10.9 Å². The molecule has 28 heavy (non-hydrogen) atoms. The molecule has 1 atom stereocenters. The Labute approximate surface area is 167 Å². The van der Waals surface area contributed by atoms with E-state index < -0.39 is 5.82 Å². The fraction of sp³-hybridized carbons (Fsp3) is 0.286. The molecule has 3 aromatic rings. The predicted octanol–water partition coefficient (Wildman–Crippen LogP) is 5.88. The highest BCUT2D eigenvalue weighted by molar-refractivity contribution is 6.31. The van der Waals surface area contributed by atoms with Crippen molar-refractivity contribution in [1.82, 2.24) is 10.2 Å². The van der Waals surface area contributed by atoms with Gasteiger partial charge in [-0.1, -0.05) is 18.5 Å². The van der Waals surface area contributed by atoms with Crippen LogP contribution in [0.4, 0.5) is 15.9 Å². The molecule has 0 saturated heterocycles. The summed E-state index contributed by atoms with van der Waals surface area (Å²) in [5, 5.41) is 10.9. The van der Waals surface area contributed by atoms with Crippen molar-refractivity contribution < 1.29 is 13.9 Å². The van der Waals surface area contributed by atoms with Crippen LogP contribution in [0, 0.1) is 5.82 Å². The zero-order valence-corrected chi connectivity index (χ0v) is 16.7. The van der Waals surface area contributed by atoms with Gasteiger partial charge >= 0.3 is 0 Å². The van der Waals surface area contributed by atoms with Crippen molar-refractivity contribution >= 4 is 23.1 Å². The smallest absolute Gasteiger partial charge is 0.161 e. The number of hydrogen-bond donors (Lipinski definition) is 2. The molecule has 0 radical (unpaired) electrons. The van der Waals surface area contributed by atoms with Crippen LogP contribution in [0.15, 0.2) is 30.3 Å². The van der Waals surface area contributed by atoms with Crippen molar-refractivity contribution in [2.24, 2.45) is 0 Å². The molecule has 1 aliphatic rings.